The SMILES string of the molecule is O=c1[nH]c2nc[n+](-c3ccccc3)nc2[nH]1. The lowest BCUT2D eigenvalue weighted by atomic mass is 10.3. The predicted octanol–water partition coefficient (Wildman–Crippen LogP) is -0.0771. The summed E-state index contributed by atoms with van der Waals surface area (Å²) in [6, 6.07) is 9.56. The van der Waals surface area contributed by atoms with E-state index in [9.17, 15) is 4.79 Å². The number of aromatic amines is 2. The number of hydrogen-bond acceptors (Lipinski definition) is 3. The number of para-hydroxylation sites is 1. The van der Waals surface area contributed by atoms with Crippen molar-refractivity contribution in [1.82, 2.24) is 20.1 Å². The van der Waals surface area contributed by atoms with E-state index in [0.29, 0.717) is 11.3 Å². The molecule has 3 aromatic rings. The summed E-state index contributed by atoms with van der Waals surface area (Å²) >= 11 is 0. The predicted molar refractivity (Wildman–Crippen MR) is 56.0 cm³/mol. The highest BCUT2D eigenvalue weighted by atomic mass is 16.1. The number of rotatable bonds is 1. The summed E-state index contributed by atoms with van der Waals surface area (Å²) in [6.07, 6.45) is 1.56. The van der Waals surface area contributed by atoms with E-state index in [1.165, 1.54) is 0 Å². The van der Waals surface area contributed by atoms with Crippen LogP contribution in [0.1, 0.15) is 0 Å². The summed E-state index contributed by atoms with van der Waals surface area (Å²) in [6.45, 7) is 0. The number of aromatic nitrogens is 5. The van der Waals surface area contributed by atoms with Gasteiger partial charge in [0, 0.05) is 0 Å². The molecule has 2 N–H and O–H groups in total. The molecule has 6 heteroatoms. The van der Waals surface area contributed by atoms with Gasteiger partial charge in [-0.05, 0) is 17.1 Å². The number of imidazole rings is 1. The number of nitrogens with zero attached hydrogens (tertiary/aromatic N) is 3. The Kier molecular flexibility index (Phi) is 1.79. The molecule has 0 saturated carbocycles. The van der Waals surface area contributed by atoms with Crippen molar-refractivity contribution in [3.8, 4) is 5.69 Å². The minimum atomic E-state index is -0.305. The van der Waals surface area contributed by atoms with Crippen LogP contribution in [0.3, 0.4) is 0 Å². The zero-order valence-corrected chi connectivity index (χ0v) is 8.21. The summed E-state index contributed by atoms with van der Waals surface area (Å²) in [4.78, 5) is 20.2. The molecule has 0 fully saturated rings. The first-order chi connectivity index (χ1) is 7.83. The van der Waals surface area contributed by atoms with Gasteiger partial charge in [0.05, 0.1) is 0 Å². The van der Waals surface area contributed by atoms with E-state index in [2.05, 4.69) is 20.1 Å². The van der Waals surface area contributed by atoms with Crippen LogP contribution in [0, 0.1) is 0 Å². The first-order valence-corrected chi connectivity index (χ1v) is 4.75. The fraction of sp³-hybridized carbons (Fsp3) is 0. The standard InChI is InChI=1S/C10H7N5O/c16-10-12-8-9(13-10)14-15(6-11-8)7-4-2-1-3-5-7/h1-6H,(H,13,14,16)/p+1. The third kappa shape index (κ3) is 1.36. The van der Waals surface area contributed by atoms with E-state index in [4.69, 9.17) is 0 Å². The van der Waals surface area contributed by atoms with E-state index >= 15 is 0 Å². The maximum atomic E-state index is 11.0. The van der Waals surface area contributed by atoms with Crippen LogP contribution in [-0.4, -0.2) is 20.1 Å². The normalized spacial score (nSPS) is 10.8. The molecule has 0 bridgehead atoms. The van der Waals surface area contributed by atoms with Gasteiger partial charge in [-0.2, -0.15) is 0 Å². The van der Waals surface area contributed by atoms with Gasteiger partial charge in [0.15, 0.2) is 5.69 Å². The maximum absolute atomic E-state index is 11.0. The number of hydrogen-bond donors (Lipinski definition) is 2. The lowest BCUT2D eigenvalue weighted by Crippen LogP contribution is -2.35. The maximum Gasteiger partial charge on any atom is 0.328 e. The minimum absolute atomic E-state index is 0.305. The summed E-state index contributed by atoms with van der Waals surface area (Å²) in [5, 5.41) is 4.23. The highest BCUT2D eigenvalue weighted by Gasteiger charge is 2.10. The van der Waals surface area contributed by atoms with Gasteiger partial charge in [-0.1, -0.05) is 28.0 Å². The zero-order valence-electron chi connectivity index (χ0n) is 8.21. The molecule has 0 saturated heterocycles. The molecule has 0 aliphatic heterocycles. The second kappa shape index (κ2) is 3.27. The summed E-state index contributed by atoms with van der Waals surface area (Å²) in [5.74, 6) is 0. The van der Waals surface area contributed by atoms with Crippen LogP contribution < -0.4 is 10.4 Å². The van der Waals surface area contributed by atoms with Crippen LogP contribution in [0.2, 0.25) is 0 Å². The summed E-state index contributed by atoms with van der Waals surface area (Å²) < 4.78 is 1.60. The number of fused-ring (bicyclic) bond motifs is 1. The van der Waals surface area contributed by atoms with E-state index < -0.39 is 0 Å². The molecule has 78 valence electrons. The lowest BCUT2D eigenvalue weighted by Gasteiger charge is -1.93. The topological polar surface area (TPSA) is 78.3 Å². The van der Waals surface area contributed by atoms with Crippen molar-refractivity contribution in [3.05, 3.63) is 47.1 Å². The molecule has 0 radical (unpaired) electrons. The van der Waals surface area contributed by atoms with Crippen molar-refractivity contribution in [2.24, 2.45) is 0 Å². The molecule has 2 heterocycles. The Morgan fingerprint density at radius 1 is 1.06 bits per heavy atom. The smallest absolute Gasteiger partial charge is 0.284 e. The number of nitrogens with one attached hydrogen (secondary N) is 2. The van der Waals surface area contributed by atoms with Crippen molar-refractivity contribution >= 4 is 11.3 Å². The average Bonchev–Trinajstić information content (AvgIpc) is 2.69. The van der Waals surface area contributed by atoms with Gasteiger partial charge >= 0.3 is 12.0 Å². The van der Waals surface area contributed by atoms with E-state index in [1.807, 2.05) is 30.3 Å². The fourth-order valence-electron chi connectivity index (χ4n) is 1.48. The second-order valence-corrected chi connectivity index (χ2v) is 3.30. The third-order valence-corrected chi connectivity index (χ3v) is 2.21. The molecule has 1 aromatic carbocycles. The first-order valence-electron chi connectivity index (χ1n) is 4.75. The molecule has 6 nitrogen and oxygen atoms in total. The Balaban J connectivity index is 2.22. The van der Waals surface area contributed by atoms with Gasteiger partial charge < -0.3 is 0 Å². The van der Waals surface area contributed by atoms with Gasteiger partial charge in [0.2, 0.25) is 5.65 Å². The Morgan fingerprint density at radius 3 is 2.62 bits per heavy atom. The monoisotopic (exact) mass is 214 g/mol. The highest BCUT2D eigenvalue weighted by Crippen LogP contribution is 1.98. The van der Waals surface area contributed by atoms with Crippen LogP contribution in [0.25, 0.3) is 17.0 Å². The second-order valence-electron chi connectivity index (χ2n) is 3.30. The number of benzene rings is 1. The molecule has 16 heavy (non-hydrogen) atoms. The molecule has 0 aliphatic rings. The van der Waals surface area contributed by atoms with E-state index in [0.717, 1.165) is 5.69 Å². The molecule has 0 spiro atoms. The fourth-order valence-corrected chi connectivity index (χ4v) is 1.48. The Labute approximate surface area is 89.6 Å². The molecule has 0 unspecified atom stereocenters. The molecule has 2 aromatic heterocycles. The average molecular weight is 214 g/mol. The van der Waals surface area contributed by atoms with E-state index in [1.54, 1.807) is 11.0 Å². The van der Waals surface area contributed by atoms with Crippen molar-refractivity contribution in [2.75, 3.05) is 0 Å². The molecule has 0 atom stereocenters. The van der Waals surface area contributed by atoms with Crippen molar-refractivity contribution < 1.29 is 4.68 Å². The summed E-state index contributed by atoms with van der Waals surface area (Å²) in [7, 11) is 0. The quantitative estimate of drug-likeness (QED) is 0.556. The van der Waals surface area contributed by atoms with Crippen molar-refractivity contribution in [1.29, 1.82) is 0 Å². The Bertz CT molecular complexity index is 685. The van der Waals surface area contributed by atoms with Gasteiger partial charge in [-0.25, -0.2) is 4.79 Å². The molecule has 0 aliphatic carbocycles. The molecule has 3 rings (SSSR count). The van der Waals surface area contributed by atoms with Crippen LogP contribution in [-0.2, 0) is 0 Å². The van der Waals surface area contributed by atoms with Crippen LogP contribution in [0.5, 0.6) is 0 Å². The van der Waals surface area contributed by atoms with Crippen LogP contribution >= 0.6 is 0 Å². The van der Waals surface area contributed by atoms with Gasteiger partial charge in [0.1, 0.15) is 0 Å². The van der Waals surface area contributed by atoms with E-state index in [-0.39, 0.29) is 5.69 Å². The third-order valence-electron chi connectivity index (χ3n) is 2.21. The Hall–Kier alpha value is -2.50. The number of H-pyrrole nitrogens is 2. The lowest BCUT2D eigenvalue weighted by molar-refractivity contribution is -0.660. The summed E-state index contributed by atoms with van der Waals surface area (Å²) in [5.41, 5.74) is 1.48. The van der Waals surface area contributed by atoms with Gasteiger partial charge in [-0.15, -0.1) is 0 Å². The van der Waals surface area contributed by atoms with Crippen LogP contribution in [0.4, 0.5) is 0 Å². The van der Waals surface area contributed by atoms with Crippen molar-refractivity contribution in [3.63, 3.8) is 0 Å². The molecular weight excluding hydrogens is 206 g/mol. The van der Waals surface area contributed by atoms with Crippen LogP contribution in [0.15, 0.2) is 41.5 Å². The van der Waals surface area contributed by atoms with Crippen molar-refractivity contribution in [2.45, 2.75) is 0 Å². The highest BCUT2D eigenvalue weighted by molar-refractivity contribution is 5.62. The minimum Gasteiger partial charge on any atom is -0.284 e. The van der Waals surface area contributed by atoms with Gasteiger partial charge in [-0.3, -0.25) is 9.97 Å². The zero-order chi connectivity index (χ0) is 11.0. The largest absolute Gasteiger partial charge is 0.328 e. The first kappa shape index (κ1) is 8.78. The van der Waals surface area contributed by atoms with Gasteiger partial charge in [0.25, 0.3) is 5.65 Å². The molecule has 0 amide bonds. The Morgan fingerprint density at radius 2 is 1.81 bits per heavy atom. The molecular formula is C10H8N5O+.